The van der Waals surface area contributed by atoms with Crippen molar-refractivity contribution in [3.8, 4) is 6.07 Å². The number of anilines is 1. The van der Waals surface area contributed by atoms with Crippen molar-refractivity contribution in [2.75, 3.05) is 5.32 Å². The van der Waals surface area contributed by atoms with Crippen molar-refractivity contribution in [1.82, 2.24) is 0 Å². The first-order valence-electron chi connectivity index (χ1n) is 7.26. The van der Waals surface area contributed by atoms with Gasteiger partial charge in [0, 0.05) is 16.0 Å². The van der Waals surface area contributed by atoms with E-state index in [1.165, 1.54) is 11.3 Å². The lowest BCUT2D eigenvalue weighted by molar-refractivity contribution is -0.139. The number of aliphatic carboxylic acids is 1. The second kappa shape index (κ2) is 6.23. The van der Waals surface area contributed by atoms with Crippen molar-refractivity contribution in [3.63, 3.8) is 0 Å². The third-order valence-electron chi connectivity index (χ3n) is 3.94. The standard InChI is InChI=1S/C17H14N2O3S/c18-9-12-14-11(17(21)22)7-4-8-13(14)23-16(12)19-15(20)10-5-2-1-3-6-10/h1-3,5-6,11H,4,7-8H2,(H,19,20)(H,21,22). The summed E-state index contributed by atoms with van der Waals surface area (Å²) >= 11 is 1.31. The number of hydrogen-bond donors (Lipinski definition) is 2. The van der Waals surface area contributed by atoms with E-state index in [0.29, 0.717) is 28.1 Å². The van der Waals surface area contributed by atoms with Crippen molar-refractivity contribution in [2.24, 2.45) is 0 Å². The average molecular weight is 326 g/mol. The van der Waals surface area contributed by atoms with E-state index >= 15 is 0 Å². The van der Waals surface area contributed by atoms with Crippen LogP contribution in [-0.4, -0.2) is 17.0 Å². The quantitative estimate of drug-likeness (QED) is 0.904. The number of aryl methyl sites for hydroxylation is 1. The van der Waals surface area contributed by atoms with Crippen LogP contribution in [0.2, 0.25) is 0 Å². The highest BCUT2D eigenvalue weighted by Crippen LogP contribution is 2.43. The van der Waals surface area contributed by atoms with Crippen LogP contribution in [-0.2, 0) is 11.2 Å². The molecule has 0 saturated heterocycles. The molecule has 1 heterocycles. The van der Waals surface area contributed by atoms with E-state index in [9.17, 15) is 20.0 Å². The zero-order chi connectivity index (χ0) is 16.4. The number of carboxylic acids is 1. The van der Waals surface area contributed by atoms with Crippen molar-refractivity contribution in [1.29, 1.82) is 5.26 Å². The van der Waals surface area contributed by atoms with Crippen molar-refractivity contribution in [2.45, 2.75) is 25.2 Å². The Morgan fingerprint density at radius 3 is 2.70 bits per heavy atom. The summed E-state index contributed by atoms with van der Waals surface area (Å²) in [6.07, 6.45) is 2.06. The van der Waals surface area contributed by atoms with Crippen LogP contribution in [0.25, 0.3) is 0 Å². The molecule has 1 aliphatic carbocycles. The van der Waals surface area contributed by atoms with Crippen LogP contribution in [0.15, 0.2) is 30.3 Å². The second-order valence-electron chi connectivity index (χ2n) is 5.36. The van der Waals surface area contributed by atoms with Crippen molar-refractivity contribution in [3.05, 3.63) is 51.9 Å². The summed E-state index contributed by atoms with van der Waals surface area (Å²) in [4.78, 5) is 24.6. The van der Waals surface area contributed by atoms with Gasteiger partial charge in [-0.15, -0.1) is 11.3 Å². The maximum absolute atomic E-state index is 12.3. The summed E-state index contributed by atoms with van der Waals surface area (Å²) in [5.41, 5.74) is 1.37. The molecule has 0 radical (unpaired) electrons. The Kier molecular flexibility index (Phi) is 4.13. The number of fused-ring (bicyclic) bond motifs is 1. The molecule has 116 valence electrons. The molecule has 1 atom stereocenters. The molecule has 5 nitrogen and oxygen atoms in total. The van der Waals surface area contributed by atoms with E-state index in [2.05, 4.69) is 11.4 Å². The van der Waals surface area contributed by atoms with E-state index in [1.807, 2.05) is 6.07 Å². The van der Waals surface area contributed by atoms with Gasteiger partial charge in [-0.25, -0.2) is 0 Å². The number of thiophene rings is 1. The minimum atomic E-state index is -0.916. The molecular formula is C17H14N2O3S. The van der Waals surface area contributed by atoms with Crippen LogP contribution in [0.5, 0.6) is 0 Å². The summed E-state index contributed by atoms with van der Waals surface area (Å²) in [5, 5.41) is 22.0. The Morgan fingerprint density at radius 2 is 2.04 bits per heavy atom. The molecular weight excluding hydrogens is 312 g/mol. The third kappa shape index (κ3) is 2.83. The van der Waals surface area contributed by atoms with Gasteiger partial charge < -0.3 is 10.4 Å². The molecule has 0 fully saturated rings. The molecule has 1 unspecified atom stereocenters. The first kappa shape index (κ1) is 15.3. The normalized spacial score (nSPS) is 16.2. The number of nitrogens with one attached hydrogen (secondary N) is 1. The number of benzene rings is 1. The molecule has 0 bridgehead atoms. The largest absolute Gasteiger partial charge is 0.481 e. The van der Waals surface area contributed by atoms with E-state index in [4.69, 9.17) is 0 Å². The highest BCUT2D eigenvalue weighted by Gasteiger charge is 2.33. The fourth-order valence-electron chi connectivity index (χ4n) is 2.87. The van der Waals surface area contributed by atoms with Gasteiger partial charge in [0.15, 0.2) is 0 Å². The highest BCUT2D eigenvalue weighted by atomic mass is 32.1. The van der Waals surface area contributed by atoms with E-state index in [-0.39, 0.29) is 5.91 Å². The minimum Gasteiger partial charge on any atom is -0.481 e. The summed E-state index contributed by atoms with van der Waals surface area (Å²) in [6.45, 7) is 0. The third-order valence-corrected chi connectivity index (χ3v) is 5.12. The molecule has 3 rings (SSSR count). The SMILES string of the molecule is N#Cc1c(NC(=O)c2ccccc2)sc2c1C(C(=O)O)CCC2. The molecule has 23 heavy (non-hydrogen) atoms. The van der Waals surface area contributed by atoms with Crippen LogP contribution in [0.3, 0.4) is 0 Å². The first-order valence-corrected chi connectivity index (χ1v) is 8.08. The number of amides is 1. The smallest absolute Gasteiger partial charge is 0.311 e. The van der Waals surface area contributed by atoms with Crippen LogP contribution < -0.4 is 5.32 Å². The lowest BCUT2D eigenvalue weighted by Gasteiger charge is -2.18. The van der Waals surface area contributed by atoms with Gasteiger partial charge in [-0.05, 0) is 31.4 Å². The fourth-order valence-corrected chi connectivity index (χ4v) is 4.12. The Hall–Kier alpha value is -2.65. The zero-order valence-electron chi connectivity index (χ0n) is 12.2. The van der Waals surface area contributed by atoms with E-state index in [1.54, 1.807) is 24.3 Å². The van der Waals surface area contributed by atoms with Crippen molar-refractivity contribution < 1.29 is 14.7 Å². The molecule has 1 amide bonds. The van der Waals surface area contributed by atoms with Gasteiger partial charge in [-0.1, -0.05) is 18.2 Å². The second-order valence-corrected chi connectivity index (χ2v) is 6.46. The van der Waals surface area contributed by atoms with Crippen molar-refractivity contribution >= 4 is 28.2 Å². The summed E-state index contributed by atoms with van der Waals surface area (Å²) in [7, 11) is 0. The minimum absolute atomic E-state index is 0.293. The number of rotatable bonds is 3. The predicted molar refractivity (Wildman–Crippen MR) is 86.7 cm³/mol. The van der Waals surface area contributed by atoms with Gasteiger partial charge in [0.25, 0.3) is 5.91 Å². The average Bonchev–Trinajstić information content (AvgIpc) is 2.92. The van der Waals surface area contributed by atoms with Gasteiger partial charge >= 0.3 is 5.97 Å². The number of nitrogens with zero attached hydrogens (tertiary/aromatic N) is 1. The van der Waals surface area contributed by atoms with Gasteiger partial charge in [0.2, 0.25) is 0 Å². The monoisotopic (exact) mass is 326 g/mol. The summed E-state index contributed by atoms with van der Waals surface area (Å²) < 4.78 is 0. The topological polar surface area (TPSA) is 90.2 Å². The molecule has 2 N–H and O–H groups in total. The Bertz CT molecular complexity index is 805. The van der Waals surface area contributed by atoms with Crippen LogP contribution in [0, 0.1) is 11.3 Å². The highest BCUT2D eigenvalue weighted by molar-refractivity contribution is 7.16. The molecule has 2 aromatic rings. The number of hydrogen-bond acceptors (Lipinski definition) is 4. The molecule has 0 saturated carbocycles. The van der Waals surface area contributed by atoms with Gasteiger partial charge in [0.1, 0.15) is 11.1 Å². The Balaban J connectivity index is 1.97. The number of carbonyl (C=O) groups excluding carboxylic acids is 1. The zero-order valence-corrected chi connectivity index (χ0v) is 13.0. The molecule has 1 aromatic carbocycles. The number of nitriles is 1. The summed E-state index contributed by atoms with van der Waals surface area (Å²) in [6, 6.07) is 10.8. The molecule has 6 heteroatoms. The molecule has 0 spiro atoms. The molecule has 0 aliphatic heterocycles. The van der Waals surface area contributed by atoms with E-state index < -0.39 is 11.9 Å². The predicted octanol–water partition coefficient (Wildman–Crippen LogP) is 3.38. The Morgan fingerprint density at radius 1 is 1.30 bits per heavy atom. The van der Waals surface area contributed by atoms with Crippen LogP contribution in [0.1, 0.15) is 45.1 Å². The molecule has 1 aliphatic rings. The Labute approximate surface area is 137 Å². The number of carbonyl (C=O) groups is 2. The van der Waals surface area contributed by atoms with Gasteiger partial charge in [-0.3, -0.25) is 9.59 Å². The maximum Gasteiger partial charge on any atom is 0.311 e. The van der Waals surface area contributed by atoms with Gasteiger partial charge in [-0.2, -0.15) is 5.26 Å². The number of carboxylic acid groups (broad SMARTS) is 1. The summed E-state index contributed by atoms with van der Waals surface area (Å²) in [5.74, 6) is -1.87. The first-order chi connectivity index (χ1) is 11.1. The van der Waals surface area contributed by atoms with Crippen LogP contribution >= 0.6 is 11.3 Å². The van der Waals surface area contributed by atoms with Crippen LogP contribution in [0.4, 0.5) is 5.00 Å². The lowest BCUT2D eigenvalue weighted by atomic mass is 9.85. The van der Waals surface area contributed by atoms with E-state index in [0.717, 1.165) is 17.7 Å². The molecule has 1 aromatic heterocycles. The lowest BCUT2D eigenvalue weighted by Crippen LogP contribution is -2.17. The fraction of sp³-hybridized carbons (Fsp3) is 0.235. The maximum atomic E-state index is 12.3. The van der Waals surface area contributed by atoms with Gasteiger partial charge in [0.05, 0.1) is 11.5 Å².